The molecule has 3 amide bonds. The molecule has 3 aromatic rings. The van der Waals surface area contributed by atoms with Crippen LogP contribution >= 0.6 is 23.4 Å². The molecule has 0 unspecified atom stereocenters. The van der Waals surface area contributed by atoms with Crippen molar-refractivity contribution in [2.45, 2.75) is 6.92 Å². The van der Waals surface area contributed by atoms with Gasteiger partial charge in [0.2, 0.25) is 5.91 Å². The normalized spacial score (nSPS) is 14.1. The van der Waals surface area contributed by atoms with E-state index >= 15 is 0 Å². The predicted molar refractivity (Wildman–Crippen MR) is 138 cm³/mol. The van der Waals surface area contributed by atoms with E-state index in [1.807, 2.05) is 0 Å². The van der Waals surface area contributed by atoms with Gasteiger partial charge in [-0.2, -0.15) is 5.26 Å². The van der Waals surface area contributed by atoms with Crippen LogP contribution in [0.15, 0.2) is 63.9 Å². The van der Waals surface area contributed by atoms with Crippen molar-refractivity contribution in [2.24, 2.45) is 0 Å². The first kappa shape index (κ1) is 25.8. The molecular formula is C26H18ClN3O6S. The number of halogens is 1. The maximum atomic E-state index is 12.8. The second-order valence-corrected chi connectivity index (χ2v) is 8.99. The highest BCUT2D eigenvalue weighted by Gasteiger charge is 2.36. The van der Waals surface area contributed by atoms with Crippen molar-refractivity contribution in [3.8, 4) is 17.4 Å². The summed E-state index contributed by atoms with van der Waals surface area (Å²) >= 11 is 6.71. The van der Waals surface area contributed by atoms with E-state index in [-0.39, 0.29) is 27.8 Å². The van der Waals surface area contributed by atoms with Crippen LogP contribution in [0.2, 0.25) is 5.02 Å². The zero-order valence-corrected chi connectivity index (χ0v) is 20.9. The Morgan fingerprint density at radius 3 is 2.73 bits per heavy atom. The Morgan fingerprint density at radius 1 is 1.19 bits per heavy atom. The van der Waals surface area contributed by atoms with Gasteiger partial charge in [-0.3, -0.25) is 19.3 Å². The fourth-order valence-electron chi connectivity index (χ4n) is 3.45. The second-order valence-electron chi connectivity index (χ2n) is 7.59. The number of thioether (sulfide) groups is 1. The molecule has 1 aliphatic rings. The highest BCUT2D eigenvalue weighted by Crippen LogP contribution is 2.34. The monoisotopic (exact) mass is 535 g/mol. The molecule has 2 heterocycles. The second kappa shape index (κ2) is 11.2. The summed E-state index contributed by atoms with van der Waals surface area (Å²) in [6.45, 7) is 1.28. The van der Waals surface area contributed by atoms with E-state index in [1.54, 1.807) is 43.3 Å². The zero-order chi connectivity index (χ0) is 26.5. The van der Waals surface area contributed by atoms with E-state index in [1.165, 1.54) is 24.3 Å². The summed E-state index contributed by atoms with van der Waals surface area (Å²) in [7, 11) is 0. The van der Waals surface area contributed by atoms with Gasteiger partial charge in [-0.15, -0.1) is 0 Å². The molecule has 186 valence electrons. The quantitative estimate of drug-likeness (QED) is 0.317. The van der Waals surface area contributed by atoms with E-state index in [0.717, 1.165) is 4.90 Å². The van der Waals surface area contributed by atoms with Crippen LogP contribution in [0.25, 0.3) is 17.4 Å². The van der Waals surface area contributed by atoms with E-state index in [4.69, 9.17) is 20.8 Å². The van der Waals surface area contributed by atoms with Crippen molar-refractivity contribution in [1.82, 2.24) is 4.90 Å². The van der Waals surface area contributed by atoms with Gasteiger partial charge in [0.15, 0.2) is 0 Å². The summed E-state index contributed by atoms with van der Waals surface area (Å²) < 4.78 is 10.7. The van der Waals surface area contributed by atoms with Crippen molar-refractivity contribution in [2.75, 3.05) is 18.5 Å². The Labute approximate surface area is 220 Å². The smallest absolute Gasteiger partial charge is 0.339 e. The molecule has 0 aliphatic carbocycles. The fourth-order valence-corrected chi connectivity index (χ4v) is 4.46. The molecular weight excluding hydrogens is 518 g/mol. The van der Waals surface area contributed by atoms with Gasteiger partial charge in [0.25, 0.3) is 11.1 Å². The molecule has 0 spiro atoms. The van der Waals surface area contributed by atoms with Crippen LogP contribution in [-0.4, -0.2) is 41.1 Å². The van der Waals surface area contributed by atoms with Gasteiger partial charge in [-0.1, -0.05) is 23.7 Å². The van der Waals surface area contributed by atoms with E-state index in [2.05, 4.69) is 11.4 Å². The van der Waals surface area contributed by atoms with Crippen LogP contribution < -0.4 is 5.32 Å². The maximum absolute atomic E-state index is 12.8. The van der Waals surface area contributed by atoms with Crippen LogP contribution in [0.5, 0.6) is 0 Å². The molecule has 4 rings (SSSR count). The summed E-state index contributed by atoms with van der Waals surface area (Å²) in [4.78, 5) is 50.7. The largest absolute Gasteiger partial charge is 0.462 e. The number of carbonyl (C=O) groups is 4. The number of hydrogen-bond donors (Lipinski definition) is 1. The summed E-state index contributed by atoms with van der Waals surface area (Å²) in [5.74, 6) is -1.19. The molecule has 11 heteroatoms. The number of amides is 3. The summed E-state index contributed by atoms with van der Waals surface area (Å²) in [5, 5.41) is 11.4. The average Bonchev–Trinajstić information content (AvgIpc) is 3.45. The molecule has 2 aromatic carbocycles. The van der Waals surface area contributed by atoms with Gasteiger partial charge in [0.05, 0.1) is 33.7 Å². The standard InChI is InChI=1S/C26H18ClN3O6S/c1-2-35-25(33)19-11-16(7-9-20(19)27)29-23(31)14-30-24(32)22(37-26(30)34)12-17-8-10-21(36-17)18-6-4-3-5-15(18)13-28/h3-12H,2,14H2,1H3,(H,29,31)/b22-12+. The third-order valence-corrected chi connectivity index (χ3v) is 6.37. The Bertz CT molecular complexity index is 1490. The van der Waals surface area contributed by atoms with Crippen molar-refractivity contribution >= 4 is 58.1 Å². The third-order valence-electron chi connectivity index (χ3n) is 5.13. The minimum atomic E-state index is -0.649. The van der Waals surface area contributed by atoms with E-state index < -0.39 is 29.6 Å². The minimum absolute atomic E-state index is 0.0747. The molecule has 1 saturated heterocycles. The summed E-state index contributed by atoms with van der Waals surface area (Å²) in [6.07, 6.45) is 1.41. The van der Waals surface area contributed by atoms with Crippen LogP contribution in [0.4, 0.5) is 10.5 Å². The van der Waals surface area contributed by atoms with Gasteiger partial charge < -0.3 is 14.5 Å². The number of furan rings is 1. The lowest BCUT2D eigenvalue weighted by atomic mass is 10.1. The molecule has 0 saturated carbocycles. The number of imide groups is 1. The number of nitrogens with zero attached hydrogens (tertiary/aromatic N) is 2. The van der Waals surface area contributed by atoms with Gasteiger partial charge in [-0.05, 0) is 61.2 Å². The van der Waals surface area contributed by atoms with Gasteiger partial charge in [0.1, 0.15) is 18.1 Å². The number of hydrogen-bond acceptors (Lipinski definition) is 8. The lowest BCUT2D eigenvalue weighted by molar-refractivity contribution is -0.127. The Kier molecular flexibility index (Phi) is 7.77. The molecule has 0 bridgehead atoms. The number of rotatable bonds is 7. The van der Waals surface area contributed by atoms with E-state index in [0.29, 0.717) is 34.4 Å². The lowest BCUT2D eigenvalue weighted by Crippen LogP contribution is -2.36. The maximum Gasteiger partial charge on any atom is 0.339 e. The number of ether oxygens (including phenoxy) is 1. The number of benzene rings is 2. The minimum Gasteiger partial charge on any atom is -0.462 e. The lowest BCUT2D eigenvalue weighted by Gasteiger charge is -2.13. The number of esters is 1. The first-order valence-corrected chi connectivity index (χ1v) is 12.1. The molecule has 1 fully saturated rings. The fraction of sp³-hybridized carbons (Fsp3) is 0.115. The van der Waals surface area contributed by atoms with Gasteiger partial charge in [-0.25, -0.2) is 4.79 Å². The number of nitrogens with one attached hydrogen (secondary N) is 1. The topological polar surface area (TPSA) is 130 Å². The average molecular weight is 536 g/mol. The van der Waals surface area contributed by atoms with Crippen molar-refractivity contribution in [3.05, 3.63) is 81.4 Å². The first-order chi connectivity index (χ1) is 17.8. The third kappa shape index (κ3) is 5.74. The van der Waals surface area contributed by atoms with Crippen molar-refractivity contribution in [1.29, 1.82) is 5.26 Å². The van der Waals surface area contributed by atoms with Crippen LogP contribution in [-0.2, 0) is 14.3 Å². The van der Waals surface area contributed by atoms with E-state index in [9.17, 15) is 24.4 Å². The molecule has 37 heavy (non-hydrogen) atoms. The SMILES string of the molecule is CCOC(=O)c1cc(NC(=O)CN2C(=O)S/C(=C/c3ccc(-c4ccccc4C#N)o3)C2=O)ccc1Cl. The molecule has 0 atom stereocenters. The molecule has 9 nitrogen and oxygen atoms in total. The highest BCUT2D eigenvalue weighted by atomic mass is 35.5. The van der Waals surface area contributed by atoms with Crippen LogP contribution in [0.1, 0.15) is 28.6 Å². The molecule has 1 aliphatic heterocycles. The number of carbonyl (C=O) groups excluding carboxylic acids is 4. The zero-order valence-electron chi connectivity index (χ0n) is 19.3. The Morgan fingerprint density at radius 2 is 1.97 bits per heavy atom. The summed E-state index contributed by atoms with van der Waals surface area (Å²) in [5.41, 5.74) is 1.36. The van der Waals surface area contributed by atoms with Crippen molar-refractivity contribution in [3.63, 3.8) is 0 Å². The molecule has 1 N–H and O–H groups in total. The first-order valence-electron chi connectivity index (χ1n) is 10.9. The summed E-state index contributed by atoms with van der Waals surface area (Å²) in [6, 6.07) is 16.6. The Balaban J connectivity index is 1.45. The number of nitriles is 1. The van der Waals surface area contributed by atoms with Gasteiger partial charge >= 0.3 is 5.97 Å². The highest BCUT2D eigenvalue weighted by molar-refractivity contribution is 8.18. The number of anilines is 1. The van der Waals surface area contributed by atoms with Gasteiger partial charge in [0, 0.05) is 17.3 Å². The van der Waals surface area contributed by atoms with Crippen molar-refractivity contribution < 1.29 is 28.3 Å². The Hall–Kier alpha value is -4.33. The molecule has 1 aromatic heterocycles. The van der Waals surface area contributed by atoms with Crippen LogP contribution in [0, 0.1) is 11.3 Å². The molecule has 0 radical (unpaired) electrons. The predicted octanol–water partition coefficient (Wildman–Crippen LogP) is 5.32. The van der Waals surface area contributed by atoms with Crippen LogP contribution in [0.3, 0.4) is 0 Å².